The average Bonchev–Trinajstić information content (AvgIpc) is 2.24. The molecule has 5 nitrogen and oxygen atoms in total. The van der Waals surface area contributed by atoms with Crippen LogP contribution in [0.4, 0.5) is 0 Å². The first-order valence-electron chi connectivity index (χ1n) is 5.55. The van der Waals surface area contributed by atoms with Crippen LogP contribution in [-0.4, -0.2) is 33.9 Å². The van der Waals surface area contributed by atoms with Crippen molar-refractivity contribution in [2.24, 2.45) is 0 Å². The zero-order valence-corrected chi connectivity index (χ0v) is 9.81. The Kier molecular flexibility index (Phi) is 5.14. The van der Waals surface area contributed by atoms with E-state index >= 15 is 0 Å². The summed E-state index contributed by atoms with van der Waals surface area (Å²) in [5.41, 5.74) is 0.591. The highest BCUT2D eigenvalue weighted by Gasteiger charge is 2.06. The summed E-state index contributed by atoms with van der Waals surface area (Å²) >= 11 is 0. The molecule has 5 heteroatoms. The quantitative estimate of drug-likeness (QED) is 0.664. The molecule has 1 atom stereocenters. The average molecular weight is 225 g/mol. The molecule has 90 valence electrons. The summed E-state index contributed by atoms with van der Waals surface area (Å²) in [4.78, 5) is 15.1. The Morgan fingerprint density at radius 1 is 1.62 bits per heavy atom. The zero-order chi connectivity index (χ0) is 12.0. The molecular formula is C11H19N3O2. The minimum Gasteiger partial charge on any atom is -0.390 e. The topological polar surface area (TPSA) is 67.2 Å². The normalized spacial score (nSPS) is 12.7. The van der Waals surface area contributed by atoms with Gasteiger partial charge in [-0.15, -0.1) is 0 Å². The lowest BCUT2D eigenvalue weighted by Crippen LogP contribution is -2.34. The number of aryl methyl sites for hydroxylation is 1. The van der Waals surface area contributed by atoms with E-state index in [2.05, 4.69) is 17.2 Å². The molecule has 0 saturated carbocycles. The predicted octanol–water partition coefficient (Wildman–Crippen LogP) is -0.0878. The molecule has 1 aromatic heterocycles. The number of hydrogen-bond acceptors (Lipinski definition) is 4. The first-order chi connectivity index (χ1) is 7.63. The fourth-order valence-electron chi connectivity index (χ4n) is 1.43. The number of nitrogens with one attached hydrogen (secondary N) is 1. The molecule has 0 aliphatic rings. The van der Waals surface area contributed by atoms with Gasteiger partial charge in [-0.25, -0.2) is 9.78 Å². The molecule has 1 unspecified atom stereocenters. The standard InChI is InChI=1S/C11H19N3O2/c1-3-4-12-6-10(15)8-14-7-9(2)5-13-11(14)16/h5,7,10,12,15H,3-4,6,8H2,1-2H3. The smallest absolute Gasteiger partial charge is 0.347 e. The van der Waals surface area contributed by atoms with Crippen molar-refractivity contribution in [3.05, 3.63) is 28.4 Å². The van der Waals surface area contributed by atoms with Crippen molar-refractivity contribution in [2.75, 3.05) is 13.1 Å². The Hall–Kier alpha value is -1.20. The number of hydrogen-bond donors (Lipinski definition) is 2. The maximum absolute atomic E-state index is 11.4. The molecule has 1 aromatic rings. The molecule has 0 radical (unpaired) electrons. The van der Waals surface area contributed by atoms with Gasteiger partial charge >= 0.3 is 5.69 Å². The van der Waals surface area contributed by atoms with E-state index in [1.807, 2.05) is 6.92 Å². The van der Waals surface area contributed by atoms with Gasteiger partial charge in [-0.3, -0.25) is 4.57 Å². The number of aliphatic hydroxyl groups is 1. The second kappa shape index (κ2) is 6.40. The van der Waals surface area contributed by atoms with Crippen LogP contribution in [-0.2, 0) is 6.54 Å². The van der Waals surface area contributed by atoms with Crippen molar-refractivity contribution in [3.63, 3.8) is 0 Å². The highest BCUT2D eigenvalue weighted by Crippen LogP contribution is 1.92. The molecule has 0 spiro atoms. The monoisotopic (exact) mass is 225 g/mol. The van der Waals surface area contributed by atoms with Gasteiger partial charge in [0.15, 0.2) is 0 Å². The van der Waals surface area contributed by atoms with Crippen LogP contribution >= 0.6 is 0 Å². The fraction of sp³-hybridized carbons (Fsp3) is 0.636. The van der Waals surface area contributed by atoms with E-state index in [4.69, 9.17) is 0 Å². The SMILES string of the molecule is CCCNCC(O)Cn1cc(C)cnc1=O. The summed E-state index contributed by atoms with van der Waals surface area (Å²) in [5, 5.41) is 12.8. The van der Waals surface area contributed by atoms with Crippen LogP contribution in [0, 0.1) is 6.92 Å². The zero-order valence-electron chi connectivity index (χ0n) is 9.81. The number of aromatic nitrogens is 2. The van der Waals surface area contributed by atoms with Crippen LogP contribution < -0.4 is 11.0 Å². The summed E-state index contributed by atoms with van der Waals surface area (Å²) in [6.45, 7) is 5.58. The molecule has 1 heterocycles. The van der Waals surface area contributed by atoms with Gasteiger partial charge in [-0.05, 0) is 25.5 Å². The van der Waals surface area contributed by atoms with Crippen LogP contribution in [0.25, 0.3) is 0 Å². The van der Waals surface area contributed by atoms with Crippen molar-refractivity contribution >= 4 is 0 Å². The van der Waals surface area contributed by atoms with Crippen LogP contribution in [0.15, 0.2) is 17.2 Å². The summed E-state index contributed by atoms with van der Waals surface area (Å²) in [7, 11) is 0. The first kappa shape index (κ1) is 12.9. The lowest BCUT2D eigenvalue weighted by molar-refractivity contribution is 0.150. The van der Waals surface area contributed by atoms with E-state index in [9.17, 15) is 9.90 Å². The van der Waals surface area contributed by atoms with E-state index < -0.39 is 6.10 Å². The van der Waals surface area contributed by atoms with Gasteiger partial charge in [0.2, 0.25) is 0 Å². The van der Waals surface area contributed by atoms with E-state index in [-0.39, 0.29) is 12.2 Å². The first-order valence-corrected chi connectivity index (χ1v) is 5.55. The molecule has 0 aliphatic carbocycles. The van der Waals surface area contributed by atoms with Crippen LogP contribution in [0.5, 0.6) is 0 Å². The fourth-order valence-corrected chi connectivity index (χ4v) is 1.43. The third-order valence-electron chi connectivity index (χ3n) is 2.20. The molecule has 16 heavy (non-hydrogen) atoms. The summed E-state index contributed by atoms with van der Waals surface area (Å²) in [5.74, 6) is 0. The van der Waals surface area contributed by atoms with Crippen molar-refractivity contribution < 1.29 is 5.11 Å². The maximum Gasteiger partial charge on any atom is 0.347 e. The Bertz CT molecular complexity index is 376. The minimum absolute atomic E-state index is 0.282. The summed E-state index contributed by atoms with van der Waals surface area (Å²) in [6.07, 6.45) is 3.70. The Morgan fingerprint density at radius 3 is 3.06 bits per heavy atom. The van der Waals surface area contributed by atoms with Gasteiger partial charge in [-0.1, -0.05) is 6.92 Å². The lowest BCUT2D eigenvalue weighted by atomic mass is 10.3. The minimum atomic E-state index is -0.562. The van der Waals surface area contributed by atoms with Crippen LogP contribution in [0.2, 0.25) is 0 Å². The van der Waals surface area contributed by atoms with Gasteiger partial charge in [0.1, 0.15) is 0 Å². The lowest BCUT2D eigenvalue weighted by Gasteiger charge is -2.13. The number of nitrogens with zero attached hydrogens (tertiary/aromatic N) is 2. The molecule has 0 aromatic carbocycles. The van der Waals surface area contributed by atoms with E-state index in [0.29, 0.717) is 6.54 Å². The number of rotatable bonds is 6. The third kappa shape index (κ3) is 4.12. The molecule has 2 N–H and O–H groups in total. The van der Waals surface area contributed by atoms with E-state index in [0.717, 1.165) is 18.5 Å². The molecule has 1 rings (SSSR count). The highest BCUT2D eigenvalue weighted by molar-refractivity contribution is 4.99. The van der Waals surface area contributed by atoms with Gasteiger partial charge in [-0.2, -0.15) is 0 Å². The van der Waals surface area contributed by atoms with E-state index in [1.54, 1.807) is 6.20 Å². The Balaban J connectivity index is 2.52. The van der Waals surface area contributed by atoms with Crippen molar-refractivity contribution in [3.8, 4) is 0 Å². The van der Waals surface area contributed by atoms with Crippen molar-refractivity contribution in [2.45, 2.75) is 32.9 Å². The summed E-state index contributed by atoms with van der Waals surface area (Å²) in [6, 6.07) is 0. The number of aliphatic hydroxyl groups excluding tert-OH is 1. The third-order valence-corrected chi connectivity index (χ3v) is 2.20. The van der Waals surface area contributed by atoms with E-state index in [1.165, 1.54) is 10.8 Å². The van der Waals surface area contributed by atoms with Gasteiger partial charge in [0.25, 0.3) is 0 Å². The van der Waals surface area contributed by atoms with Crippen LogP contribution in [0.1, 0.15) is 18.9 Å². The van der Waals surface area contributed by atoms with Crippen LogP contribution in [0.3, 0.4) is 0 Å². The maximum atomic E-state index is 11.4. The van der Waals surface area contributed by atoms with Gasteiger partial charge < -0.3 is 10.4 Å². The molecule has 0 fully saturated rings. The second-order valence-corrected chi connectivity index (χ2v) is 3.92. The highest BCUT2D eigenvalue weighted by atomic mass is 16.3. The molecule has 0 saturated heterocycles. The van der Waals surface area contributed by atoms with Crippen molar-refractivity contribution in [1.29, 1.82) is 0 Å². The summed E-state index contributed by atoms with van der Waals surface area (Å²) < 4.78 is 1.44. The largest absolute Gasteiger partial charge is 0.390 e. The Labute approximate surface area is 95.1 Å². The van der Waals surface area contributed by atoms with Crippen molar-refractivity contribution in [1.82, 2.24) is 14.9 Å². The predicted molar refractivity (Wildman–Crippen MR) is 62.4 cm³/mol. The Morgan fingerprint density at radius 2 is 2.38 bits per heavy atom. The second-order valence-electron chi connectivity index (χ2n) is 3.92. The molecule has 0 aliphatic heterocycles. The van der Waals surface area contributed by atoms with Gasteiger partial charge in [0.05, 0.1) is 12.6 Å². The molecule has 0 bridgehead atoms. The molecular weight excluding hydrogens is 206 g/mol. The van der Waals surface area contributed by atoms with Gasteiger partial charge in [0, 0.05) is 18.9 Å². The molecule has 0 amide bonds.